The molecule has 0 heterocycles. The second kappa shape index (κ2) is 6.54. The molecule has 0 bridgehead atoms. The Morgan fingerprint density at radius 2 is 1.50 bits per heavy atom. The number of benzene rings is 3. The molecule has 0 aliphatic carbocycles. The number of fused-ring (bicyclic) bond motifs is 1. The summed E-state index contributed by atoms with van der Waals surface area (Å²) in [4.78, 5) is 23.7. The van der Waals surface area contributed by atoms with E-state index in [2.05, 4.69) is 5.32 Å². The van der Waals surface area contributed by atoms with Crippen LogP contribution in [-0.2, 0) is 0 Å². The second-order valence-corrected chi connectivity index (χ2v) is 5.60. The van der Waals surface area contributed by atoms with E-state index in [0.717, 1.165) is 16.3 Å². The molecule has 3 aromatic rings. The number of carboxylic acid groups (broad SMARTS) is 1. The van der Waals surface area contributed by atoms with Crippen molar-refractivity contribution in [3.63, 3.8) is 0 Å². The first-order valence-electron chi connectivity index (χ1n) is 7.67. The maximum atomic E-state index is 12.5. The van der Waals surface area contributed by atoms with E-state index in [1.54, 1.807) is 12.1 Å². The van der Waals surface area contributed by atoms with Gasteiger partial charge >= 0.3 is 0 Å². The molecule has 1 N–H and O–H groups in total. The third-order valence-corrected chi connectivity index (χ3v) is 4.03. The van der Waals surface area contributed by atoms with E-state index < -0.39 is 11.9 Å². The monoisotopic (exact) mass is 318 g/mol. The molecule has 0 fully saturated rings. The van der Waals surface area contributed by atoms with Gasteiger partial charge in [-0.05, 0) is 29.3 Å². The normalized spacial score (nSPS) is 11.9. The van der Waals surface area contributed by atoms with Gasteiger partial charge in [0.05, 0.1) is 12.0 Å². The predicted molar refractivity (Wildman–Crippen MR) is 90.6 cm³/mol. The predicted octanol–water partition coefficient (Wildman–Crippen LogP) is 2.69. The molecule has 0 aromatic heterocycles. The Morgan fingerprint density at radius 1 is 0.875 bits per heavy atom. The van der Waals surface area contributed by atoms with Crippen molar-refractivity contribution in [2.75, 3.05) is 0 Å². The zero-order valence-corrected chi connectivity index (χ0v) is 13.2. The standard InChI is InChI=1S/C20H17NO3/c1-13(15-12-6-8-14-7-2-3-9-16(14)15)21-19(22)17-10-4-5-11-18(17)20(23)24/h2-13H,1H3,(H,21,22)(H,23,24)/p-1/t13-/m1/s1. The van der Waals surface area contributed by atoms with Gasteiger partial charge in [0.1, 0.15) is 0 Å². The summed E-state index contributed by atoms with van der Waals surface area (Å²) in [6, 6.07) is 19.6. The number of nitrogens with one attached hydrogen (secondary N) is 1. The highest BCUT2D eigenvalue weighted by atomic mass is 16.4. The molecule has 0 unspecified atom stereocenters. The number of carbonyl (C=O) groups excluding carboxylic acids is 2. The van der Waals surface area contributed by atoms with Crippen LogP contribution in [0.4, 0.5) is 0 Å². The van der Waals surface area contributed by atoms with E-state index in [9.17, 15) is 14.7 Å². The van der Waals surface area contributed by atoms with Gasteiger partial charge in [0, 0.05) is 11.1 Å². The minimum absolute atomic E-state index is 0.101. The lowest BCUT2D eigenvalue weighted by atomic mass is 9.99. The zero-order chi connectivity index (χ0) is 17.1. The quantitative estimate of drug-likeness (QED) is 0.804. The number of hydrogen-bond acceptors (Lipinski definition) is 3. The van der Waals surface area contributed by atoms with E-state index in [1.807, 2.05) is 49.4 Å². The van der Waals surface area contributed by atoms with Crippen molar-refractivity contribution in [1.29, 1.82) is 0 Å². The molecule has 0 saturated heterocycles. The van der Waals surface area contributed by atoms with Crippen molar-refractivity contribution in [1.82, 2.24) is 5.32 Å². The maximum Gasteiger partial charge on any atom is 0.252 e. The Hall–Kier alpha value is -3.14. The Kier molecular flexibility index (Phi) is 4.29. The maximum absolute atomic E-state index is 12.5. The molecule has 0 aliphatic rings. The SMILES string of the molecule is C[C@@H](NC(=O)c1ccccc1C(=O)[O-])c1cccc2ccccc12. The van der Waals surface area contributed by atoms with Gasteiger partial charge in [-0.3, -0.25) is 4.79 Å². The van der Waals surface area contributed by atoms with Crippen LogP contribution in [0.15, 0.2) is 66.7 Å². The molecular formula is C20H16NO3-. The summed E-state index contributed by atoms with van der Waals surface area (Å²) in [6.45, 7) is 1.88. The summed E-state index contributed by atoms with van der Waals surface area (Å²) in [6.07, 6.45) is 0. The first-order valence-corrected chi connectivity index (χ1v) is 7.67. The van der Waals surface area contributed by atoms with Gasteiger partial charge in [-0.15, -0.1) is 0 Å². The number of hydrogen-bond donors (Lipinski definition) is 1. The summed E-state index contributed by atoms with van der Waals surface area (Å²) >= 11 is 0. The minimum Gasteiger partial charge on any atom is -0.545 e. The van der Waals surface area contributed by atoms with Crippen LogP contribution in [0.1, 0.15) is 39.2 Å². The fraction of sp³-hybridized carbons (Fsp3) is 0.100. The molecule has 0 aliphatic heterocycles. The molecule has 120 valence electrons. The summed E-state index contributed by atoms with van der Waals surface area (Å²) in [7, 11) is 0. The van der Waals surface area contributed by atoms with Crippen LogP contribution in [0.25, 0.3) is 10.8 Å². The second-order valence-electron chi connectivity index (χ2n) is 5.60. The fourth-order valence-electron chi connectivity index (χ4n) is 2.84. The molecule has 0 radical (unpaired) electrons. The van der Waals surface area contributed by atoms with Crippen molar-refractivity contribution >= 4 is 22.6 Å². The van der Waals surface area contributed by atoms with Crippen LogP contribution >= 0.6 is 0 Å². The number of aromatic carboxylic acids is 1. The Morgan fingerprint density at radius 3 is 2.25 bits per heavy atom. The minimum atomic E-state index is -1.36. The Labute approximate surface area is 139 Å². The highest BCUT2D eigenvalue weighted by Crippen LogP contribution is 2.24. The Bertz CT molecular complexity index is 912. The number of amides is 1. The first kappa shape index (κ1) is 15.7. The summed E-state index contributed by atoms with van der Waals surface area (Å²) < 4.78 is 0. The van der Waals surface area contributed by atoms with Crippen molar-refractivity contribution in [2.45, 2.75) is 13.0 Å². The molecule has 0 saturated carbocycles. The van der Waals surface area contributed by atoms with Gasteiger partial charge in [0.15, 0.2) is 0 Å². The largest absolute Gasteiger partial charge is 0.545 e. The van der Waals surface area contributed by atoms with Gasteiger partial charge in [-0.25, -0.2) is 0 Å². The van der Waals surface area contributed by atoms with E-state index in [1.165, 1.54) is 12.1 Å². The summed E-state index contributed by atoms with van der Waals surface area (Å²) in [5.41, 5.74) is 0.970. The topological polar surface area (TPSA) is 69.2 Å². The van der Waals surface area contributed by atoms with E-state index in [4.69, 9.17) is 0 Å². The van der Waals surface area contributed by atoms with Gasteiger partial charge in [-0.2, -0.15) is 0 Å². The smallest absolute Gasteiger partial charge is 0.252 e. The fourth-order valence-corrected chi connectivity index (χ4v) is 2.84. The van der Waals surface area contributed by atoms with Gasteiger partial charge in [-0.1, -0.05) is 60.7 Å². The number of carbonyl (C=O) groups is 2. The lowest BCUT2D eigenvalue weighted by molar-refractivity contribution is -0.255. The summed E-state index contributed by atoms with van der Waals surface area (Å²) in [5.74, 6) is -1.80. The van der Waals surface area contributed by atoms with E-state index >= 15 is 0 Å². The van der Waals surface area contributed by atoms with E-state index in [0.29, 0.717) is 0 Å². The Balaban J connectivity index is 1.91. The van der Waals surface area contributed by atoms with Crippen molar-refractivity contribution in [2.24, 2.45) is 0 Å². The van der Waals surface area contributed by atoms with Crippen LogP contribution < -0.4 is 10.4 Å². The third-order valence-electron chi connectivity index (χ3n) is 4.03. The van der Waals surface area contributed by atoms with Gasteiger partial charge < -0.3 is 15.2 Å². The lowest BCUT2D eigenvalue weighted by Crippen LogP contribution is -2.31. The van der Waals surface area contributed by atoms with Crippen LogP contribution in [0, 0.1) is 0 Å². The van der Waals surface area contributed by atoms with Crippen molar-refractivity contribution in [3.8, 4) is 0 Å². The van der Waals surface area contributed by atoms with Gasteiger partial charge in [0.2, 0.25) is 0 Å². The molecule has 3 rings (SSSR count). The molecule has 1 atom stereocenters. The van der Waals surface area contributed by atoms with Gasteiger partial charge in [0.25, 0.3) is 5.91 Å². The highest BCUT2D eigenvalue weighted by molar-refractivity contribution is 6.04. The van der Waals surface area contributed by atoms with Crippen LogP contribution in [-0.4, -0.2) is 11.9 Å². The van der Waals surface area contributed by atoms with Crippen molar-refractivity contribution < 1.29 is 14.7 Å². The molecule has 24 heavy (non-hydrogen) atoms. The van der Waals surface area contributed by atoms with Crippen molar-refractivity contribution in [3.05, 3.63) is 83.4 Å². The first-order chi connectivity index (χ1) is 11.6. The molecule has 0 spiro atoms. The molecule has 4 heteroatoms. The molecule has 3 aromatic carbocycles. The van der Waals surface area contributed by atoms with E-state index in [-0.39, 0.29) is 17.2 Å². The number of carboxylic acids is 1. The highest BCUT2D eigenvalue weighted by Gasteiger charge is 2.16. The third kappa shape index (κ3) is 2.99. The van der Waals surface area contributed by atoms with Crippen LogP contribution in [0.2, 0.25) is 0 Å². The molecule has 4 nitrogen and oxygen atoms in total. The lowest BCUT2D eigenvalue weighted by Gasteiger charge is -2.18. The zero-order valence-electron chi connectivity index (χ0n) is 13.2. The molecular weight excluding hydrogens is 302 g/mol. The average molecular weight is 318 g/mol. The average Bonchev–Trinajstić information content (AvgIpc) is 2.61. The molecule has 1 amide bonds. The van der Waals surface area contributed by atoms with Crippen LogP contribution in [0.3, 0.4) is 0 Å². The number of rotatable bonds is 4. The van der Waals surface area contributed by atoms with Crippen LogP contribution in [0.5, 0.6) is 0 Å². The summed E-state index contributed by atoms with van der Waals surface area (Å²) in [5, 5.41) is 16.2.